The van der Waals surface area contributed by atoms with Gasteiger partial charge in [0.2, 0.25) is 0 Å². The standard InChI is InChI=1S/C14H20N6/c1-13(2)12(14(13,3)4)20-11(17-18-19-20)9-6-5-8(15)7-10(9)16/h5-7,12H,15-16H2,1-4H3. The molecular weight excluding hydrogens is 252 g/mol. The predicted molar refractivity (Wildman–Crippen MR) is 78.7 cm³/mol. The van der Waals surface area contributed by atoms with E-state index in [1.54, 1.807) is 6.07 Å². The zero-order valence-corrected chi connectivity index (χ0v) is 12.3. The fourth-order valence-corrected chi connectivity index (χ4v) is 3.10. The fraction of sp³-hybridized carbons (Fsp3) is 0.500. The van der Waals surface area contributed by atoms with E-state index in [1.165, 1.54) is 0 Å². The van der Waals surface area contributed by atoms with Crippen molar-refractivity contribution in [1.82, 2.24) is 20.2 Å². The summed E-state index contributed by atoms with van der Waals surface area (Å²) in [5.41, 5.74) is 14.1. The normalized spacial score (nSPS) is 20.0. The second kappa shape index (κ2) is 3.71. The Bertz CT molecular complexity index is 656. The van der Waals surface area contributed by atoms with Crippen LogP contribution < -0.4 is 11.5 Å². The highest BCUT2D eigenvalue weighted by Gasteiger charge is 2.67. The lowest BCUT2D eigenvalue weighted by Gasteiger charge is -2.09. The van der Waals surface area contributed by atoms with Crippen LogP contribution in [0, 0.1) is 10.8 Å². The van der Waals surface area contributed by atoms with Crippen LogP contribution in [0.1, 0.15) is 33.7 Å². The summed E-state index contributed by atoms with van der Waals surface area (Å²) in [6, 6.07) is 5.68. The van der Waals surface area contributed by atoms with Crippen LogP contribution in [0.5, 0.6) is 0 Å². The molecule has 0 atom stereocenters. The highest BCUT2D eigenvalue weighted by molar-refractivity contribution is 5.74. The lowest BCUT2D eigenvalue weighted by molar-refractivity contribution is 0.457. The summed E-state index contributed by atoms with van der Waals surface area (Å²) in [4.78, 5) is 0. The predicted octanol–water partition coefficient (Wildman–Crippen LogP) is 2.11. The summed E-state index contributed by atoms with van der Waals surface area (Å²) in [6.45, 7) is 8.93. The summed E-state index contributed by atoms with van der Waals surface area (Å²) >= 11 is 0. The molecule has 1 saturated carbocycles. The summed E-state index contributed by atoms with van der Waals surface area (Å²) < 4.78 is 1.89. The Kier molecular flexibility index (Phi) is 2.39. The van der Waals surface area contributed by atoms with Gasteiger partial charge in [-0.1, -0.05) is 27.7 Å². The van der Waals surface area contributed by atoms with Crippen molar-refractivity contribution < 1.29 is 0 Å². The second-order valence-electron chi connectivity index (χ2n) is 6.64. The van der Waals surface area contributed by atoms with Gasteiger partial charge in [-0.15, -0.1) is 5.10 Å². The number of hydrogen-bond acceptors (Lipinski definition) is 5. The number of benzene rings is 1. The molecular formula is C14H20N6. The van der Waals surface area contributed by atoms with Gasteiger partial charge in [-0.05, 0) is 39.5 Å². The van der Waals surface area contributed by atoms with Crippen molar-refractivity contribution in [3.63, 3.8) is 0 Å². The molecule has 1 aromatic carbocycles. The van der Waals surface area contributed by atoms with Crippen molar-refractivity contribution in [2.45, 2.75) is 33.7 Å². The number of nitrogens with two attached hydrogens (primary N) is 2. The van der Waals surface area contributed by atoms with Gasteiger partial charge in [0.15, 0.2) is 5.82 Å². The zero-order valence-electron chi connectivity index (χ0n) is 12.3. The Hall–Kier alpha value is -2.11. The molecule has 6 nitrogen and oxygen atoms in total. The van der Waals surface area contributed by atoms with Crippen LogP contribution in [-0.2, 0) is 0 Å². The van der Waals surface area contributed by atoms with E-state index in [4.69, 9.17) is 11.5 Å². The maximum atomic E-state index is 6.05. The number of anilines is 2. The first-order valence-corrected chi connectivity index (χ1v) is 6.70. The monoisotopic (exact) mass is 272 g/mol. The Morgan fingerprint density at radius 2 is 1.75 bits per heavy atom. The maximum absolute atomic E-state index is 6.05. The van der Waals surface area contributed by atoms with E-state index >= 15 is 0 Å². The summed E-state index contributed by atoms with van der Waals surface area (Å²) in [6.07, 6.45) is 0. The largest absolute Gasteiger partial charge is 0.399 e. The number of rotatable bonds is 2. The first-order valence-electron chi connectivity index (χ1n) is 6.70. The minimum atomic E-state index is 0.152. The minimum Gasteiger partial charge on any atom is -0.399 e. The molecule has 0 saturated heterocycles. The van der Waals surface area contributed by atoms with Crippen LogP contribution in [0.4, 0.5) is 11.4 Å². The number of tetrazole rings is 1. The SMILES string of the molecule is CC1(C)C(n2nnnc2-c2ccc(N)cc2N)C1(C)C. The molecule has 3 rings (SSSR count). The molecule has 20 heavy (non-hydrogen) atoms. The molecule has 1 fully saturated rings. The molecule has 1 aliphatic carbocycles. The first-order chi connectivity index (χ1) is 9.26. The highest BCUT2D eigenvalue weighted by atomic mass is 15.6. The molecule has 2 aromatic rings. The highest BCUT2D eigenvalue weighted by Crippen LogP contribution is 2.71. The van der Waals surface area contributed by atoms with Crippen LogP contribution in [0.25, 0.3) is 11.4 Å². The zero-order chi connectivity index (χ0) is 14.7. The van der Waals surface area contributed by atoms with Crippen LogP contribution in [0.15, 0.2) is 18.2 Å². The molecule has 0 bridgehead atoms. The van der Waals surface area contributed by atoms with Crippen LogP contribution in [0.2, 0.25) is 0 Å². The molecule has 0 spiro atoms. The Morgan fingerprint density at radius 1 is 1.10 bits per heavy atom. The summed E-state index contributed by atoms with van der Waals surface area (Å²) in [5.74, 6) is 0.700. The van der Waals surface area contributed by atoms with Crippen LogP contribution in [0.3, 0.4) is 0 Å². The van der Waals surface area contributed by atoms with Crippen molar-refractivity contribution in [3.8, 4) is 11.4 Å². The van der Waals surface area contributed by atoms with E-state index < -0.39 is 0 Å². The summed E-state index contributed by atoms with van der Waals surface area (Å²) in [5, 5.41) is 12.2. The van der Waals surface area contributed by atoms with Crippen LogP contribution in [-0.4, -0.2) is 20.2 Å². The Labute approximate surface area is 118 Å². The molecule has 6 heteroatoms. The minimum absolute atomic E-state index is 0.152. The van der Waals surface area contributed by atoms with E-state index in [2.05, 4.69) is 43.2 Å². The molecule has 0 radical (unpaired) electrons. The Balaban J connectivity index is 2.09. The van der Waals surface area contributed by atoms with Gasteiger partial charge >= 0.3 is 0 Å². The van der Waals surface area contributed by atoms with Gasteiger partial charge in [0.25, 0.3) is 0 Å². The van der Waals surface area contributed by atoms with Gasteiger partial charge in [0, 0.05) is 16.9 Å². The van der Waals surface area contributed by atoms with Gasteiger partial charge in [0.05, 0.1) is 6.04 Å². The molecule has 0 amide bonds. The lowest BCUT2D eigenvalue weighted by Crippen LogP contribution is -2.07. The molecule has 1 aromatic heterocycles. The average molecular weight is 272 g/mol. The summed E-state index contributed by atoms with van der Waals surface area (Å²) in [7, 11) is 0. The number of nitrogens with zero attached hydrogens (tertiary/aromatic N) is 4. The van der Waals surface area contributed by atoms with E-state index in [0.29, 0.717) is 17.2 Å². The van der Waals surface area contributed by atoms with Crippen molar-refractivity contribution in [3.05, 3.63) is 18.2 Å². The third-order valence-corrected chi connectivity index (χ3v) is 5.00. The van der Waals surface area contributed by atoms with E-state index in [0.717, 1.165) is 5.56 Å². The first kappa shape index (κ1) is 12.9. The maximum Gasteiger partial charge on any atom is 0.184 e. The van der Waals surface area contributed by atoms with Crippen molar-refractivity contribution in [2.75, 3.05) is 11.5 Å². The average Bonchev–Trinajstić information content (AvgIpc) is 2.67. The van der Waals surface area contributed by atoms with Crippen molar-refractivity contribution in [2.24, 2.45) is 10.8 Å². The molecule has 1 heterocycles. The van der Waals surface area contributed by atoms with Gasteiger partial charge in [-0.3, -0.25) is 0 Å². The second-order valence-corrected chi connectivity index (χ2v) is 6.64. The van der Waals surface area contributed by atoms with Crippen molar-refractivity contribution in [1.29, 1.82) is 0 Å². The van der Waals surface area contributed by atoms with E-state index in [9.17, 15) is 0 Å². The number of nitrogen functional groups attached to an aromatic ring is 2. The molecule has 0 unspecified atom stereocenters. The van der Waals surface area contributed by atoms with Crippen LogP contribution >= 0.6 is 0 Å². The molecule has 4 N–H and O–H groups in total. The topological polar surface area (TPSA) is 95.6 Å². The quantitative estimate of drug-likeness (QED) is 0.816. The van der Waals surface area contributed by atoms with Crippen molar-refractivity contribution >= 4 is 11.4 Å². The van der Waals surface area contributed by atoms with E-state index in [1.807, 2.05) is 16.8 Å². The van der Waals surface area contributed by atoms with Gasteiger partial charge in [-0.25, -0.2) is 4.68 Å². The van der Waals surface area contributed by atoms with Gasteiger partial charge < -0.3 is 11.5 Å². The molecule has 0 aliphatic heterocycles. The lowest BCUT2D eigenvalue weighted by atomic mass is 10.0. The molecule has 106 valence electrons. The Morgan fingerprint density at radius 3 is 2.30 bits per heavy atom. The van der Waals surface area contributed by atoms with E-state index in [-0.39, 0.29) is 16.9 Å². The third kappa shape index (κ3) is 1.54. The number of hydrogen-bond donors (Lipinski definition) is 2. The molecule has 1 aliphatic rings. The van der Waals surface area contributed by atoms with Gasteiger partial charge in [0.1, 0.15) is 0 Å². The third-order valence-electron chi connectivity index (χ3n) is 5.00. The smallest absolute Gasteiger partial charge is 0.184 e. The fourth-order valence-electron chi connectivity index (χ4n) is 3.10. The number of aromatic nitrogens is 4. The van der Waals surface area contributed by atoms with Gasteiger partial charge in [-0.2, -0.15) is 0 Å².